The molecule has 0 radical (unpaired) electrons. The Morgan fingerprint density at radius 3 is 2.83 bits per heavy atom. The van der Waals surface area contributed by atoms with E-state index in [0.717, 1.165) is 24.6 Å². The molecule has 0 aliphatic rings. The van der Waals surface area contributed by atoms with E-state index >= 15 is 0 Å². The number of rotatable bonds is 4. The van der Waals surface area contributed by atoms with E-state index in [9.17, 15) is 0 Å². The van der Waals surface area contributed by atoms with Crippen LogP contribution in [0.15, 0.2) is 16.5 Å². The minimum Gasteiger partial charge on any atom is -0.465 e. The maximum Gasteiger partial charge on any atom is 0.117 e. The number of nitrogens with one attached hydrogen (secondary N) is 1. The molecule has 1 aromatic rings. The smallest absolute Gasteiger partial charge is 0.117 e. The van der Waals surface area contributed by atoms with Crippen molar-refractivity contribution in [1.29, 1.82) is 0 Å². The molecule has 1 aromatic heterocycles. The molecule has 0 bridgehead atoms. The second-order valence-corrected chi connectivity index (χ2v) is 3.12. The summed E-state index contributed by atoms with van der Waals surface area (Å²) < 4.78 is 5.36. The van der Waals surface area contributed by atoms with Crippen LogP contribution in [0.3, 0.4) is 0 Å². The van der Waals surface area contributed by atoms with Gasteiger partial charge >= 0.3 is 0 Å². The van der Waals surface area contributed by atoms with Crippen molar-refractivity contribution < 1.29 is 4.42 Å². The van der Waals surface area contributed by atoms with Crippen molar-refractivity contribution in [1.82, 2.24) is 5.32 Å². The van der Waals surface area contributed by atoms with E-state index in [0.29, 0.717) is 0 Å². The van der Waals surface area contributed by atoms with E-state index in [1.165, 1.54) is 0 Å². The topological polar surface area (TPSA) is 51.2 Å². The Morgan fingerprint density at radius 1 is 1.58 bits per heavy atom. The molecule has 12 heavy (non-hydrogen) atoms. The standard InChI is InChI=1S/C9H16N2O/c1-7(10)5-11-6-9-4-3-8(2)12-9/h3-4,7,11H,5-6,10H2,1-2H3. The summed E-state index contributed by atoms with van der Waals surface area (Å²) in [6.07, 6.45) is 0. The normalized spacial score (nSPS) is 13.2. The number of nitrogens with two attached hydrogens (primary N) is 1. The third kappa shape index (κ3) is 3.07. The largest absolute Gasteiger partial charge is 0.465 e. The van der Waals surface area contributed by atoms with Gasteiger partial charge in [0.2, 0.25) is 0 Å². The van der Waals surface area contributed by atoms with Gasteiger partial charge in [0.25, 0.3) is 0 Å². The van der Waals surface area contributed by atoms with Crippen molar-refractivity contribution >= 4 is 0 Å². The van der Waals surface area contributed by atoms with E-state index in [4.69, 9.17) is 10.2 Å². The van der Waals surface area contributed by atoms with Gasteiger partial charge in [-0.3, -0.25) is 0 Å². The number of hydrogen-bond donors (Lipinski definition) is 2. The molecule has 0 amide bonds. The Kier molecular flexibility index (Phi) is 3.31. The molecule has 0 aliphatic carbocycles. The fourth-order valence-corrected chi connectivity index (χ4v) is 1.00. The first kappa shape index (κ1) is 9.29. The Balaban J connectivity index is 2.24. The molecule has 0 spiro atoms. The SMILES string of the molecule is Cc1ccc(CNCC(C)N)o1. The molecular formula is C9H16N2O. The fraction of sp³-hybridized carbons (Fsp3) is 0.556. The van der Waals surface area contributed by atoms with E-state index in [2.05, 4.69) is 5.32 Å². The summed E-state index contributed by atoms with van der Waals surface area (Å²) >= 11 is 0. The highest BCUT2D eigenvalue weighted by atomic mass is 16.3. The maximum atomic E-state index is 5.57. The summed E-state index contributed by atoms with van der Waals surface area (Å²) in [4.78, 5) is 0. The number of hydrogen-bond acceptors (Lipinski definition) is 3. The first-order valence-corrected chi connectivity index (χ1v) is 4.20. The monoisotopic (exact) mass is 168 g/mol. The lowest BCUT2D eigenvalue weighted by Gasteiger charge is -2.04. The summed E-state index contributed by atoms with van der Waals surface area (Å²) in [6, 6.07) is 4.13. The Bertz CT molecular complexity index is 230. The van der Waals surface area contributed by atoms with Gasteiger partial charge in [-0.1, -0.05) is 0 Å². The van der Waals surface area contributed by atoms with Crippen LogP contribution in [0, 0.1) is 6.92 Å². The zero-order valence-electron chi connectivity index (χ0n) is 7.63. The van der Waals surface area contributed by atoms with Crippen molar-refractivity contribution in [3.05, 3.63) is 23.7 Å². The molecule has 3 N–H and O–H groups in total. The van der Waals surface area contributed by atoms with Gasteiger partial charge < -0.3 is 15.5 Å². The number of furan rings is 1. The lowest BCUT2D eigenvalue weighted by molar-refractivity contribution is 0.457. The van der Waals surface area contributed by atoms with Gasteiger partial charge in [-0.25, -0.2) is 0 Å². The number of aryl methyl sites for hydroxylation is 1. The summed E-state index contributed by atoms with van der Waals surface area (Å²) in [5.41, 5.74) is 5.57. The first-order valence-electron chi connectivity index (χ1n) is 4.20. The maximum absolute atomic E-state index is 5.57. The van der Waals surface area contributed by atoms with Crippen LogP contribution >= 0.6 is 0 Å². The van der Waals surface area contributed by atoms with Crippen LogP contribution in [-0.2, 0) is 6.54 Å². The average Bonchev–Trinajstić information content (AvgIpc) is 2.35. The van der Waals surface area contributed by atoms with Gasteiger partial charge in [0.1, 0.15) is 11.5 Å². The molecular weight excluding hydrogens is 152 g/mol. The zero-order chi connectivity index (χ0) is 8.97. The van der Waals surface area contributed by atoms with Gasteiger partial charge in [0.15, 0.2) is 0 Å². The summed E-state index contributed by atoms with van der Waals surface area (Å²) in [5.74, 6) is 1.92. The van der Waals surface area contributed by atoms with Crippen LogP contribution < -0.4 is 11.1 Å². The molecule has 3 nitrogen and oxygen atoms in total. The second-order valence-electron chi connectivity index (χ2n) is 3.12. The van der Waals surface area contributed by atoms with Gasteiger partial charge in [0.05, 0.1) is 6.54 Å². The van der Waals surface area contributed by atoms with Gasteiger partial charge in [-0.15, -0.1) is 0 Å². The minimum atomic E-state index is 0.195. The molecule has 1 unspecified atom stereocenters. The Hall–Kier alpha value is -0.800. The van der Waals surface area contributed by atoms with Crippen molar-refractivity contribution in [2.24, 2.45) is 5.73 Å². The summed E-state index contributed by atoms with van der Waals surface area (Å²) in [7, 11) is 0. The summed E-state index contributed by atoms with van der Waals surface area (Å²) in [5, 5.41) is 3.20. The quantitative estimate of drug-likeness (QED) is 0.706. The third-order valence-corrected chi connectivity index (χ3v) is 1.56. The molecule has 1 rings (SSSR count). The van der Waals surface area contributed by atoms with E-state index < -0.39 is 0 Å². The zero-order valence-corrected chi connectivity index (χ0v) is 7.63. The molecule has 0 saturated carbocycles. The third-order valence-electron chi connectivity index (χ3n) is 1.56. The van der Waals surface area contributed by atoms with Crippen LogP contribution in [0.1, 0.15) is 18.4 Å². The van der Waals surface area contributed by atoms with Crippen molar-refractivity contribution in [2.75, 3.05) is 6.54 Å². The molecule has 1 atom stereocenters. The van der Waals surface area contributed by atoms with E-state index in [1.807, 2.05) is 26.0 Å². The Labute approximate surface area is 72.9 Å². The molecule has 68 valence electrons. The highest BCUT2D eigenvalue weighted by Crippen LogP contribution is 2.04. The van der Waals surface area contributed by atoms with Crippen LogP contribution in [0.4, 0.5) is 0 Å². The lowest BCUT2D eigenvalue weighted by atomic mass is 10.3. The average molecular weight is 168 g/mol. The molecule has 0 aliphatic heterocycles. The van der Waals surface area contributed by atoms with Gasteiger partial charge in [0, 0.05) is 12.6 Å². The van der Waals surface area contributed by atoms with Crippen molar-refractivity contribution in [3.8, 4) is 0 Å². The lowest BCUT2D eigenvalue weighted by Crippen LogP contribution is -2.30. The first-order chi connectivity index (χ1) is 5.68. The molecule has 3 heteroatoms. The van der Waals surface area contributed by atoms with Crippen molar-refractivity contribution in [2.45, 2.75) is 26.4 Å². The highest BCUT2D eigenvalue weighted by Gasteiger charge is 1.98. The Morgan fingerprint density at radius 2 is 2.33 bits per heavy atom. The molecule has 1 heterocycles. The van der Waals surface area contributed by atoms with Gasteiger partial charge in [-0.05, 0) is 26.0 Å². The van der Waals surface area contributed by atoms with Crippen molar-refractivity contribution in [3.63, 3.8) is 0 Å². The van der Waals surface area contributed by atoms with E-state index in [-0.39, 0.29) is 6.04 Å². The fourth-order valence-electron chi connectivity index (χ4n) is 1.00. The molecule has 0 fully saturated rings. The van der Waals surface area contributed by atoms with Gasteiger partial charge in [-0.2, -0.15) is 0 Å². The van der Waals surface area contributed by atoms with Crippen LogP contribution in [0.2, 0.25) is 0 Å². The minimum absolute atomic E-state index is 0.195. The molecule has 0 saturated heterocycles. The highest BCUT2D eigenvalue weighted by molar-refractivity contribution is 5.05. The predicted molar refractivity (Wildman–Crippen MR) is 48.8 cm³/mol. The molecule has 0 aromatic carbocycles. The predicted octanol–water partition coefficient (Wildman–Crippen LogP) is 1.02. The van der Waals surface area contributed by atoms with E-state index in [1.54, 1.807) is 0 Å². The van der Waals surface area contributed by atoms with Crippen LogP contribution in [-0.4, -0.2) is 12.6 Å². The summed E-state index contributed by atoms with van der Waals surface area (Å²) in [6.45, 7) is 5.49. The second kappa shape index (κ2) is 4.28. The van der Waals surface area contributed by atoms with Crippen LogP contribution in [0.5, 0.6) is 0 Å². The van der Waals surface area contributed by atoms with Crippen LogP contribution in [0.25, 0.3) is 0 Å².